The largest absolute Gasteiger partial charge is 0.480 e. The van der Waals surface area contributed by atoms with Crippen molar-refractivity contribution in [2.75, 3.05) is 6.54 Å². The van der Waals surface area contributed by atoms with Crippen LogP contribution in [0.3, 0.4) is 0 Å². The molecular formula is C13H22N2O4. The molecular weight excluding hydrogens is 248 g/mol. The minimum atomic E-state index is -1.05. The summed E-state index contributed by atoms with van der Waals surface area (Å²) < 4.78 is 0. The molecule has 2 unspecified atom stereocenters. The van der Waals surface area contributed by atoms with E-state index in [1.807, 2.05) is 0 Å². The first-order valence-electron chi connectivity index (χ1n) is 6.95. The molecule has 1 aliphatic carbocycles. The number of aliphatic hydroxyl groups excluding tert-OH is 1. The molecule has 1 heterocycles. The third-order valence-electron chi connectivity index (χ3n) is 4.17. The smallest absolute Gasteiger partial charge is 0.326 e. The number of nitrogens with one attached hydrogen (secondary N) is 1. The lowest BCUT2D eigenvalue weighted by Gasteiger charge is -2.30. The van der Waals surface area contributed by atoms with Gasteiger partial charge < -0.3 is 20.4 Å². The molecule has 0 aromatic carbocycles. The van der Waals surface area contributed by atoms with Gasteiger partial charge in [-0.25, -0.2) is 9.59 Å². The van der Waals surface area contributed by atoms with Crippen LogP contribution in [-0.2, 0) is 4.79 Å². The van der Waals surface area contributed by atoms with Gasteiger partial charge in [0, 0.05) is 19.0 Å². The van der Waals surface area contributed by atoms with E-state index >= 15 is 0 Å². The van der Waals surface area contributed by atoms with Gasteiger partial charge >= 0.3 is 12.0 Å². The zero-order valence-corrected chi connectivity index (χ0v) is 11.2. The predicted molar refractivity (Wildman–Crippen MR) is 68.7 cm³/mol. The van der Waals surface area contributed by atoms with Gasteiger partial charge in [0.05, 0.1) is 6.10 Å². The number of hydrogen-bond donors (Lipinski definition) is 3. The van der Waals surface area contributed by atoms with Crippen LogP contribution in [0.15, 0.2) is 0 Å². The van der Waals surface area contributed by atoms with Crippen LogP contribution in [-0.4, -0.2) is 51.8 Å². The van der Waals surface area contributed by atoms with E-state index in [-0.39, 0.29) is 25.0 Å². The second-order valence-corrected chi connectivity index (χ2v) is 5.80. The van der Waals surface area contributed by atoms with E-state index in [9.17, 15) is 14.7 Å². The number of nitrogens with zero attached hydrogens (tertiary/aromatic N) is 1. The Morgan fingerprint density at radius 2 is 1.84 bits per heavy atom. The average molecular weight is 270 g/mol. The Kier molecular flexibility index (Phi) is 4.29. The van der Waals surface area contributed by atoms with Crippen LogP contribution in [0.25, 0.3) is 0 Å². The van der Waals surface area contributed by atoms with Crippen molar-refractivity contribution in [1.29, 1.82) is 0 Å². The van der Waals surface area contributed by atoms with E-state index < -0.39 is 18.1 Å². The number of carbonyl (C=O) groups excluding carboxylic acids is 1. The third kappa shape index (κ3) is 3.37. The number of carboxylic acids is 1. The van der Waals surface area contributed by atoms with Crippen LogP contribution < -0.4 is 5.32 Å². The van der Waals surface area contributed by atoms with Gasteiger partial charge in [0.1, 0.15) is 6.04 Å². The SMILES string of the molecule is CC1CCC(NC(=O)N2CC(O)CC2C(=O)O)CC1. The number of aliphatic hydroxyl groups is 1. The second-order valence-electron chi connectivity index (χ2n) is 5.80. The Balaban J connectivity index is 1.90. The molecule has 1 saturated carbocycles. The number of hydrogen-bond acceptors (Lipinski definition) is 3. The number of β-amino-alcohol motifs (C(OH)–C–C–N with tert-alkyl or cyclic N) is 1. The monoisotopic (exact) mass is 270 g/mol. The topological polar surface area (TPSA) is 89.9 Å². The van der Waals surface area contributed by atoms with Crippen LogP contribution in [0.4, 0.5) is 4.79 Å². The fourth-order valence-corrected chi connectivity index (χ4v) is 2.93. The van der Waals surface area contributed by atoms with Gasteiger partial charge in [-0.05, 0) is 31.6 Å². The van der Waals surface area contributed by atoms with Crippen LogP contribution in [0.1, 0.15) is 39.0 Å². The van der Waals surface area contributed by atoms with E-state index in [4.69, 9.17) is 5.11 Å². The van der Waals surface area contributed by atoms with Crippen molar-refractivity contribution in [3.8, 4) is 0 Å². The zero-order valence-electron chi connectivity index (χ0n) is 11.2. The summed E-state index contributed by atoms with van der Waals surface area (Å²) in [6, 6.07) is -1.13. The molecule has 3 N–H and O–H groups in total. The summed E-state index contributed by atoms with van der Waals surface area (Å²) in [4.78, 5) is 24.4. The van der Waals surface area contributed by atoms with Gasteiger partial charge in [0.25, 0.3) is 0 Å². The van der Waals surface area contributed by atoms with Crippen molar-refractivity contribution < 1.29 is 19.8 Å². The summed E-state index contributed by atoms with van der Waals surface area (Å²) in [6.45, 7) is 2.31. The van der Waals surface area contributed by atoms with Crippen molar-refractivity contribution >= 4 is 12.0 Å². The Hall–Kier alpha value is -1.30. The Bertz CT molecular complexity index is 353. The molecule has 0 spiro atoms. The van der Waals surface area contributed by atoms with E-state index in [1.54, 1.807) is 0 Å². The van der Waals surface area contributed by atoms with Gasteiger partial charge in [0.2, 0.25) is 0 Å². The number of carboxylic acid groups (broad SMARTS) is 1. The molecule has 2 atom stereocenters. The molecule has 6 nitrogen and oxygen atoms in total. The van der Waals surface area contributed by atoms with Crippen LogP contribution in [0.5, 0.6) is 0 Å². The fraction of sp³-hybridized carbons (Fsp3) is 0.846. The molecule has 0 bridgehead atoms. The number of amides is 2. The Morgan fingerprint density at radius 1 is 1.21 bits per heavy atom. The summed E-state index contributed by atoms with van der Waals surface area (Å²) >= 11 is 0. The van der Waals surface area contributed by atoms with Gasteiger partial charge in [-0.3, -0.25) is 0 Å². The third-order valence-corrected chi connectivity index (χ3v) is 4.17. The second kappa shape index (κ2) is 5.77. The molecule has 2 aliphatic rings. The quantitative estimate of drug-likeness (QED) is 0.692. The number of carbonyl (C=O) groups is 2. The van der Waals surface area contributed by atoms with Crippen LogP contribution in [0, 0.1) is 5.92 Å². The molecule has 108 valence electrons. The number of urea groups is 1. The first kappa shape index (κ1) is 14.1. The molecule has 0 aromatic rings. The summed E-state index contributed by atoms with van der Waals surface area (Å²) in [7, 11) is 0. The lowest BCUT2D eigenvalue weighted by molar-refractivity contribution is -0.141. The summed E-state index contributed by atoms with van der Waals surface area (Å²) in [5, 5.41) is 21.5. The van der Waals surface area contributed by atoms with Gasteiger partial charge in [-0.2, -0.15) is 0 Å². The van der Waals surface area contributed by atoms with Crippen LogP contribution in [0.2, 0.25) is 0 Å². The van der Waals surface area contributed by atoms with Crippen molar-refractivity contribution in [2.45, 2.75) is 57.2 Å². The molecule has 2 fully saturated rings. The molecule has 0 radical (unpaired) electrons. The van der Waals surface area contributed by atoms with Crippen molar-refractivity contribution in [2.24, 2.45) is 5.92 Å². The summed E-state index contributed by atoms with van der Waals surface area (Å²) in [5.74, 6) is -0.350. The normalized spacial score (nSPS) is 35.2. The maximum atomic E-state index is 12.1. The maximum absolute atomic E-state index is 12.1. The first-order valence-corrected chi connectivity index (χ1v) is 6.95. The van der Waals surface area contributed by atoms with Crippen LogP contribution >= 0.6 is 0 Å². The highest BCUT2D eigenvalue weighted by atomic mass is 16.4. The predicted octanol–water partition coefficient (Wildman–Crippen LogP) is 0.794. The molecule has 2 amide bonds. The standard InChI is InChI=1S/C13H22N2O4/c1-8-2-4-9(5-3-8)14-13(19)15-7-10(16)6-11(15)12(17)18/h8-11,16H,2-7H2,1H3,(H,14,19)(H,17,18). The van der Waals surface area contributed by atoms with E-state index in [0.717, 1.165) is 25.7 Å². The first-order chi connectivity index (χ1) is 8.97. The number of likely N-dealkylation sites (tertiary alicyclic amines) is 1. The molecule has 1 aliphatic heterocycles. The lowest BCUT2D eigenvalue weighted by atomic mass is 9.87. The minimum absolute atomic E-state index is 0.103. The van der Waals surface area contributed by atoms with E-state index in [1.165, 1.54) is 4.90 Å². The lowest BCUT2D eigenvalue weighted by Crippen LogP contribution is -2.49. The molecule has 2 rings (SSSR count). The summed E-state index contributed by atoms with van der Waals surface area (Å²) in [5.41, 5.74) is 0. The molecule has 1 saturated heterocycles. The average Bonchev–Trinajstić information content (AvgIpc) is 2.74. The molecule has 19 heavy (non-hydrogen) atoms. The highest BCUT2D eigenvalue weighted by Crippen LogP contribution is 2.24. The van der Waals surface area contributed by atoms with E-state index in [0.29, 0.717) is 5.92 Å². The minimum Gasteiger partial charge on any atom is -0.480 e. The number of rotatable bonds is 2. The Morgan fingerprint density at radius 3 is 2.42 bits per heavy atom. The van der Waals surface area contributed by atoms with Gasteiger partial charge in [0.15, 0.2) is 0 Å². The van der Waals surface area contributed by atoms with E-state index in [2.05, 4.69) is 12.2 Å². The molecule has 6 heteroatoms. The maximum Gasteiger partial charge on any atom is 0.326 e. The highest BCUT2D eigenvalue weighted by Gasteiger charge is 2.39. The number of aliphatic carboxylic acids is 1. The van der Waals surface area contributed by atoms with Gasteiger partial charge in [-0.15, -0.1) is 0 Å². The zero-order chi connectivity index (χ0) is 14.0. The Labute approximate surface area is 112 Å². The highest BCUT2D eigenvalue weighted by molar-refractivity contribution is 5.83. The van der Waals surface area contributed by atoms with Crippen molar-refractivity contribution in [3.63, 3.8) is 0 Å². The molecule has 0 aromatic heterocycles. The van der Waals surface area contributed by atoms with Gasteiger partial charge in [-0.1, -0.05) is 6.92 Å². The van der Waals surface area contributed by atoms with Crippen molar-refractivity contribution in [1.82, 2.24) is 10.2 Å². The summed E-state index contributed by atoms with van der Waals surface area (Å²) in [6.07, 6.45) is 3.46. The fourth-order valence-electron chi connectivity index (χ4n) is 2.93. The van der Waals surface area contributed by atoms with Crippen molar-refractivity contribution in [3.05, 3.63) is 0 Å².